The first-order valence-electron chi connectivity index (χ1n) is 11.8. The zero-order valence-corrected chi connectivity index (χ0v) is 19.9. The summed E-state index contributed by atoms with van der Waals surface area (Å²) in [5.74, 6) is -1.34. The minimum atomic E-state index is -0.639. The molecule has 36 heavy (non-hydrogen) atoms. The summed E-state index contributed by atoms with van der Waals surface area (Å²) < 4.78 is 1.30. The molecule has 4 aromatic rings. The molecule has 0 bridgehead atoms. The van der Waals surface area contributed by atoms with E-state index in [0.29, 0.717) is 28.4 Å². The number of amides is 2. The Morgan fingerprint density at radius 1 is 0.722 bits per heavy atom. The molecule has 0 aliphatic rings. The molecule has 0 fully saturated rings. The normalized spacial score (nSPS) is 10.7. The van der Waals surface area contributed by atoms with Crippen molar-refractivity contribution in [1.29, 1.82) is 0 Å². The van der Waals surface area contributed by atoms with Gasteiger partial charge in [-0.1, -0.05) is 80.4 Å². The van der Waals surface area contributed by atoms with Gasteiger partial charge in [-0.05, 0) is 24.6 Å². The molecule has 0 saturated carbocycles. The first kappa shape index (κ1) is 24.5. The van der Waals surface area contributed by atoms with Gasteiger partial charge in [-0.3, -0.25) is 30.0 Å². The van der Waals surface area contributed by atoms with Crippen LogP contribution in [0.15, 0.2) is 83.7 Å². The van der Waals surface area contributed by atoms with E-state index in [0.717, 1.165) is 19.3 Å². The van der Waals surface area contributed by atoms with Gasteiger partial charge in [0.15, 0.2) is 11.5 Å². The van der Waals surface area contributed by atoms with Crippen molar-refractivity contribution < 1.29 is 14.4 Å². The van der Waals surface area contributed by atoms with E-state index in [2.05, 4.69) is 22.9 Å². The Morgan fingerprint density at radius 2 is 1.31 bits per heavy atom. The molecule has 0 radical (unpaired) electrons. The van der Waals surface area contributed by atoms with Crippen LogP contribution in [0.2, 0.25) is 0 Å². The average Bonchev–Trinajstić information content (AvgIpc) is 2.93. The van der Waals surface area contributed by atoms with Crippen LogP contribution in [0.4, 0.5) is 0 Å². The molecule has 1 heterocycles. The largest absolute Gasteiger partial charge is 0.290 e. The molecule has 0 saturated heterocycles. The van der Waals surface area contributed by atoms with Gasteiger partial charge < -0.3 is 0 Å². The monoisotopic (exact) mass is 482 g/mol. The summed E-state index contributed by atoms with van der Waals surface area (Å²) in [6.45, 7) is 2.46. The third kappa shape index (κ3) is 5.38. The van der Waals surface area contributed by atoms with Crippen molar-refractivity contribution in [3.05, 3.63) is 112 Å². The molecule has 0 atom stereocenters. The van der Waals surface area contributed by atoms with Crippen molar-refractivity contribution in [2.45, 2.75) is 32.7 Å². The number of ketones is 1. The summed E-state index contributed by atoms with van der Waals surface area (Å²) in [6.07, 6.45) is 2.69. The predicted molar refractivity (Wildman–Crippen MR) is 137 cm³/mol. The number of hydrogen-bond donors (Lipinski definition) is 2. The summed E-state index contributed by atoms with van der Waals surface area (Å²) >= 11 is 0. The number of unbranched alkanes of at least 4 members (excludes halogenated alkanes) is 2. The average molecular weight is 483 g/mol. The van der Waals surface area contributed by atoms with E-state index in [4.69, 9.17) is 0 Å². The van der Waals surface area contributed by atoms with E-state index in [1.807, 2.05) is 6.07 Å². The summed E-state index contributed by atoms with van der Waals surface area (Å²) in [5.41, 5.74) is 5.82. The van der Waals surface area contributed by atoms with Gasteiger partial charge in [0.2, 0.25) is 0 Å². The highest BCUT2D eigenvalue weighted by atomic mass is 16.2. The fraction of sp³-hybridized carbons (Fsp3) is 0.179. The highest BCUT2D eigenvalue weighted by Crippen LogP contribution is 2.14. The lowest BCUT2D eigenvalue weighted by atomic mass is 10.0. The molecule has 0 spiro atoms. The maximum atomic E-state index is 12.9. The third-order valence-electron chi connectivity index (χ3n) is 5.79. The van der Waals surface area contributed by atoms with Crippen LogP contribution in [0.5, 0.6) is 0 Å². The van der Waals surface area contributed by atoms with Crippen molar-refractivity contribution in [2.75, 3.05) is 0 Å². The smallest absolute Gasteiger partial charge is 0.289 e. The number of aryl methyl sites for hydroxylation is 1. The fourth-order valence-electron chi connectivity index (χ4n) is 3.84. The molecule has 8 heteroatoms. The van der Waals surface area contributed by atoms with E-state index in [1.54, 1.807) is 60.7 Å². The lowest BCUT2D eigenvalue weighted by molar-refractivity contribution is 0.0843. The van der Waals surface area contributed by atoms with E-state index < -0.39 is 11.8 Å². The van der Waals surface area contributed by atoms with Crippen LogP contribution in [0.1, 0.15) is 63.0 Å². The van der Waals surface area contributed by atoms with Gasteiger partial charge in [-0.2, -0.15) is 5.10 Å². The minimum Gasteiger partial charge on any atom is -0.289 e. The summed E-state index contributed by atoms with van der Waals surface area (Å²) in [7, 11) is 0. The summed E-state index contributed by atoms with van der Waals surface area (Å²) in [4.78, 5) is 50.9. The number of benzene rings is 3. The number of carbonyl (C=O) groups is 3. The molecule has 2 amide bonds. The van der Waals surface area contributed by atoms with E-state index >= 15 is 0 Å². The summed E-state index contributed by atoms with van der Waals surface area (Å²) in [6, 6.07) is 21.8. The molecule has 4 rings (SSSR count). The van der Waals surface area contributed by atoms with Gasteiger partial charge in [0.1, 0.15) is 0 Å². The second kappa shape index (κ2) is 11.2. The topological polar surface area (TPSA) is 110 Å². The Hall–Kier alpha value is -4.59. The molecule has 0 aliphatic carbocycles. The number of fused-ring (bicyclic) bond motifs is 1. The van der Waals surface area contributed by atoms with Crippen LogP contribution in [0, 0.1) is 0 Å². The van der Waals surface area contributed by atoms with Crippen LogP contribution in [-0.4, -0.2) is 27.4 Å². The molecule has 2 N–H and O–H groups in total. The van der Waals surface area contributed by atoms with E-state index in [1.165, 1.54) is 16.8 Å². The molecule has 0 unspecified atom stereocenters. The van der Waals surface area contributed by atoms with Crippen molar-refractivity contribution in [2.24, 2.45) is 0 Å². The Labute approximate surface area is 207 Å². The number of carbonyl (C=O) groups excluding carboxylic acids is 3. The number of hydrazine groups is 1. The Bertz CT molecular complexity index is 1460. The highest BCUT2D eigenvalue weighted by Gasteiger charge is 2.18. The van der Waals surface area contributed by atoms with Gasteiger partial charge in [0, 0.05) is 28.6 Å². The van der Waals surface area contributed by atoms with Gasteiger partial charge in [-0.25, -0.2) is 4.68 Å². The lowest BCUT2D eigenvalue weighted by Gasteiger charge is -2.12. The van der Waals surface area contributed by atoms with Crippen LogP contribution in [0.3, 0.4) is 0 Å². The van der Waals surface area contributed by atoms with Crippen molar-refractivity contribution in [3.63, 3.8) is 0 Å². The number of hydrogen-bond acceptors (Lipinski definition) is 5. The molecule has 8 nitrogen and oxygen atoms in total. The first-order chi connectivity index (χ1) is 17.5. The Morgan fingerprint density at radius 3 is 2.00 bits per heavy atom. The molecule has 1 aromatic heterocycles. The summed E-state index contributed by atoms with van der Waals surface area (Å²) in [5, 5.41) is 5.08. The zero-order chi connectivity index (χ0) is 25.5. The quantitative estimate of drug-likeness (QED) is 0.225. The van der Waals surface area contributed by atoms with Gasteiger partial charge in [-0.15, -0.1) is 0 Å². The minimum absolute atomic E-state index is 0.0470. The van der Waals surface area contributed by atoms with E-state index in [-0.39, 0.29) is 22.6 Å². The maximum absolute atomic E-state index is 12.9. The third-order valence-corrected chi connectivity index (χ3v) is 5.79. The van der Waals surface area contributed by atoms with Gasteiger partial charge >= 0.3 is 0 Å². The highest BCUT2D eigenvalue weighted by molar-refractivity contribution is 6.09. The SMILES string of the molecule is CCCCCn1nc(C(=O)NNC(=O)c2ccc(C(=O)c3ccccc3)cc2)c2ccccc2c1=O. The van der Waals surface area contributed by atoms with Crippen LogP contribution in [0.25, 0.3) is 10.8 Å². The number of rotatable bonds is 8. The maximum Gasteiger partial charge on any atom is 0.290 e. The van der Waals surface area contributed by atoms with E-state index in [9.17, 15) is 19.2 Å². The number of nitrogens with one attached hydrogen (secondary N) is 2. The molecular weight excluding hydrogens is 456 g/mol. The molecular formula is C28H26N4O4. The number of nitrogens with zero attached hydrogens (tertiary/aromatic N) is 2. The predicted octanol–water partition coefficient (Wildman–Crippen LogP) is 3.89. The van der Waals surface area contributed by atoms with Crippen molar-refractivity contribution in [3.8, 4) is 0 Å². The van der Waals surface area contributed by atoms with Gasteiger partial charge in [0.05, 0.1) is 5.39 Å². The molecule has 182 valence electrons. The van der Waals surface area contributed by atoms with Crippen LogP contribution in [-0.2, 0) is 6.54 Å². The van der Waals surface area contributed by atoms with Gasteiger partial charge in [0.25, 0.3) is 17.4 Å². The zero-order valence-electron chi connectivity index (χ0n) is 19.9. The van der Waals surface area contributed by atoms with Crippen molar-refractivity contribution >= 4 is 28.4 Å². The lowest BCUT2D eigenvalue weighted by Crippen LogP contribution is -2.42. The Kier molecular flexibility index (Phi) is 7.65. The number of aromatic nitrogens is 2. The second-order valence-corrected chi connectivity index (χ2v) is 8.31. The van der Waals surface area contributed by atoms with Crippen LogP contribution >= 0.6 is 0 Å². The first-order valence-corrected chi connectivity index (χ1v) is 11.8. The molecule has 0 aliphatic heterocycles. The standard InChI is InChI=1S/C28H26N4O4/c1-2-3-9-18-32-28(36)23-13-8-7-12-22(23)24(31-32)27(35)30-29-26(34)21-16-14-20(15-17-21)25(33)19-10-5-4-6-11-19/h4-8,10-17H,2-3,9,18H2,1H3,(H,29,34)(H,30,35). The second-order valence-electron chi connectivity index (χ2n) is 8.31. The van der Waals surface area contributed by atoms with Crippen molar-refractivity contribution in [1.82, 2.24) is 20.6 Å². The Balaban J connectivity index is 1.48. The fourth-order valence-corrected chi connectivity index (χ4v) is 3.84. The molecule has 3 aromatic carbocycles. The van der Waals surface area contributed by atoms with Crippen LogP contribution < -0.4 is 16.4 Å².